The number of hydrogen-bond acceptors (Lipinski definition) is 1. The van der Waals surface area contributed by atoms with Crippen molar-refractivity contribution >= 4 is 0 Å². The molecule has 1 heteroatoms. The van der Waals surface area contributed by atoms with Gasteiger partial charge in [0.05, 0.1) is 0 Å². The summed E-state index contributed by atoms with van der Waals surface area (Å²) in [4.78, 5) is 0. The SMILES string of the molecule is CNC/C=C/C1CCC1. The molecule has 0 amide bonds. The summed E-state index contributed by atoms with van der Waals surface area (Å²) < 4.78 is 0. The molecule has 1 N–H and O–H groups in total. The Hall–Kier alpha value is -0.300. The van der Waals surface area contributed by atoms with Gasteiger partial charge in [0.1, 0.15) is 0 Å². The van der Waals surface area contributed by atoms with Gasteiger partial charge in [-0.25, -0.2) is 0 Å². The monoisotopic (exact) mass is 125 g/mol. The maximum absolute atomic E-state index is 3.08. The van der Waals surface area contributed by atoms with Gasteiger partial charge in [-0.1, -0.05) is 18.6 Å². The van der Waals surface area contributed by atoms with E-state index in [0.717, 1.165) is 12.5 Å². The Labute approximate surface area is 57.1 Å². The summed E-state index contributed by atoms with van der Waals surface area (Å²) in [5.41, 5.74) is 0. The lowest BCUT2D eigenvalue weighted by molar-refractivity contribution is 0.387. The topological polar surface area (TPSA) is 12.0 Å². The summed E-state index contributed by atoms with van der Waals surface area (Å²) in [6.45, 7) is 1.02. The van der Waals surface area contributed by atoms with Crippen LogP contribution >= 0.6 is 0 Å². The second-order valence-electron chi connectivity index (χ2n) is 2.68. The van der Waals surface area contributed by atoms with E-state index in [4.69, 9.17) is 0 Å². The molecule has 1 saturated carbocycles. The quantitative estimate of drug-likeness (QED) is 0.564. The minimum Gasteiger partial charge on any atom is -0.316 e. The van der Waals surface area contributed by atoms with E-state index in [9.17, 15) is 0 Å². The van der Waals surface area contributed by atoms with Crippen molar-refractivity contribution < 1.29 is 0 Å². The number of nitrogens with one attached hydrogen (secondary N) is 1. The molecule has 0 spiro atoms. The van der Waals surface area contributed by atoms with Crippen molar-refractivity contribution in [3.8, 4) is 0 Å². The van der Waals surface area contributed by atoms with Gasteiger partial charge in [-0.05, 0) is 25.8 Å². The molecule has 0 heterocycles. The second-order valence-corrected chi connectivity index (χ2v) is 2.68. The Morgan fingerprint density at radius 3 is 2.78 bits per heavy atom. The highest BCUT2D eigenvalue weighted by atomic mass is 14.8. The average molecular weight is 125 g/mol. The zero-order valence-electron chi connectivity index (χ0n) is 6.06. The third-order valence-corrected chi connectivity index (χ3v) is 1.88. The molecular weight excluding hydrogens is 110 g/mol. The lowest BCUT2D eigenvalue weighted by Gasteiger charge is -2.21. The fourth-order valence-electron chi connectivity index (χ4n) is 1.01. The summed E-state index contributed by atoms with van der Waals surface area (Å²) >= 11 is 0. The van der Waals surface area contributed by atoms with E-state index in [0.29, 0.717) is 0 Å². The summed E-state index contributed by atoms with van der Waals surface area (Å²) in [6, 6.07) is 0. The molecule has 0 saturated heterocycles. The van der Waals surface area contributed by atoms with E-state index in [1.165, 1.54) is 19.3 Å². The van der Waals surface area contributed by atoms with Crippen LogP contribution in [0.2, 0.25) is 0 Å². The second kappa shape index (κ2) is 3.67. The van der Waals surface area contributed by atoms with Crippen molar-refractivity contribution in [3.05, 3.63) is 12.2 Å². The van der Waals surface area contributed by atoms with Crippen LogP contribution in [0.4, 0.5) is 0 Å². The summed E-state index contributed by atoms with van der Waals surface area (Å²) in [5, 5.41) is 3.08. The number of likely N-dealkylation sites (N-methyl/N-ethyl adjacent to an activating group) is 1. The Morgan fingerprint density at radius 1 is 1.56 bits per heavy atom. The molecule has 0 aliphatic heterocycles. The highest BCUT2D eigenvalue weighted by Crippen LogP contribution is 2.26. The van der Waals surface area contributed by atoms with Crippen LogP contribution in [-0.4, -0.2) is 13.6 Å². The zero-order chi connectivity index (χ0) is 6.53. The van der Waals surface area contributed by atoms with Gasteiger partial charge < -0.3 is 5.32 Å². The first-order valence-corrected chi connectivity index (χ1v) is 3.74. The Morgan fingerprint density at radius 2 is 2.33 bits per heavy atom. The van der Waals surface area contributed by atoms with E-state index in [1.54, 1.807) is 0 Å². The van der Waals surface area contributed by atoms with Crippen molar-refractivity contribution in [1.29, 1.82) is 0 Å². The molecule has 1 fully saturated rings. The van der Waals surface area contributed by atoms with E-state index in [2.05, 4.69) is 17.5 Å². The Balaban J connectivity index is 2.00. The average Bonchev–Trinajstić information content (AvgIpc) is 1.76. The van der Waals surface area contributed by atoms with E-state index >= 15 is 0 Å². The smallest absolute Gasteiger partial charge is 0.0131 e. The van der Waals surface area contributed by atoms with Crippen molar-refractivity contribution in [3.63, 3.8) is 0 Å². The molecule has 1 aliphatic rings. The zero-order valence-corrected chi connectivity index (χ0v) is 6.06. The highest BCUT2D eigenvalue weighted by Gasteiger charge is 2.12. The molecule has 1 aliphatic carbocycles. The summed E-state index contributed by atoms with van der Waals surface area (Å²) in [6.07, 6.45) is 8.83. The molecule has 0 aromatic rings. The van der Waals surface area contributed by atoms with Crippen LogP contribution in [-0.2, 0) is 0 Å². The van der Waals surface area contributed by atoms with Crippen molar-refractivity contribution in [1.82, 2.24) is 5.32 Å². The van der Waals surface area contributed by atoms with Crippen LogP contribution in [0.3, 0.4) is 0 Å². The van der Waals surface area contributed by atoms with Gasteiger partial charge in [-0.15, -0.1) is 0 Å². The van der Waals surface area contributed by atoms with Crippen molar-refractivity contribution in [2.24, 2.45) is 5.92 Å². The van der Waals surface area contributed by atoms with Gasteiger partial charge in [-0.2, -0.15) is 0 Å². The van der Waals surface area contributed by atoms with Gasteiger partial charge in [0, 0.05) is 6.54 Å². The van der Waals surface area contributed by atoms with Crippen LogP contribution in [0.15, 0.2) is 12.2 Å². The van der Waals surface area contributed by atoms with Gasteiger partial charge in [0.25, 0.3) is 0 Å². The third kappa shape index (κ3) is 2.19. The molecule has 52 valence electrons. The molecule has 9 heavy (non-hydrogen) atoms. The molecule has 0 radical (unpaired) electrons. The van der Waals surface area contributed by atoms with E-state index in [1.807, 2.05) is 7.05 Å². The molecule has 1 nitrogen and oxygen atoms in total. The van der Waals surface area contributed by atoms with Gasteiger partial charge in [0.2, 0.25) is 0 Å². The largest absolute Gasteiger partial charge is 0.316 e. The van der Waals surface area contributed by atoms with E-state index in [-0.39, 0.29) is 0 Å². The van der Waals surface area contributed by atoms with E-state index < -0.39 is 0 Å². The number of allylic oxidation sites excluding steroid dienone is 1. The normalized spacial score (nSPS) is 20.6. The van der Waals surface area contributed by atoms with Crippen LogP contribution in [0, 0.1) is 5.92 Å². The molecule has 0 bridgehead atoms. The fraction of sp³-hybridized carbons (Fsp3) is 0.750. The maximum Gasteiger partial charge on any atom is 0.0131 e. The molecule has 0 aromatic heterocycles. The predicted molar refractivity (Wildman–Crippen MR) is 40.4 cm³/mol. The molecule has 0 atom stereocenters. The first-order chi connectivity index (χ1) is 4.43. The Bertz CT molecular complexity index is 92.7. The van der Waals surface area contributed by atoms with Gasteiger partial charge >= 0.3 is 0 Å². The summed E-state index contributed by atoms with van der Waals surface area (Å²) in [5.74, 6) is 0.915. The number of hydrogen-bond donors (Lipinski definition) is 1. The third-order valence-electron chi connectivity index (χ3n) is 1.88. The minimum absolute atomic E-state index is 0.915. The van der Waals surface area contributed by atoms with Crippen LogP contribution in [0.25, 0.3) is 0 Å². The van der Waals surface area contributed by atoms with Gasteiger partial charge in [0.15, 0.2) is 0 Å². The molecule has 0 unspecified atom stereocenters. The molecule has 0 aromatic carbocycles. The van der Waals surface area contributed by atoms with Crippen molar-refractivity contribution in [2.75, 3.05) is 13.6 Å². The lowest BCUT2D eigenvalue weighted by atomic mass is 9.85. The standard InChI is InChI=1S/C8H15N/c1-9-7-3-6-8-4-2-5-8/h3,6,8-9H,2,4-5,7H2,1H3/b6-3+. The molecule has 1 rings (SSSR count). The number of rotatable bonds is 3. The van der Waals surface area contributed by atoms with Crippen LogP contribution in [0.1, 0.15) is 19.3 Å². The first-order valence-electron chi connectivity index (χ1n) is 3.74. The molecular formula is C8H15N. The maximum atomic E-state index is 3.08. The fourth-order valence-corrected chi connectivity index (χ4v) is 1.01. The first kappa shape index (κ1) is 6.81. The van der Waals surface area contributed by atoms with Crippen molar-refractivity contribution in [2.45, 2.75) is 19.3 Å². The minimum atomic E-state index is 0.915. The van der Waals surface area contributed by atoms with Gasteiger partial charge in [-0.3, -0.25) is 0 Å². The van der Waals surface area contributed by atoms with Crippen LogP contribution < -0.4 is 5.32 Å². The Kier molecular flexibility index (Phi) is 2.78. The lowest BCUT2D eigenvalue weighted by Crippen LogP contribution is -2.09. The van der Waals surface area contributed by atoms with Crippen LogP contribution in [0.5, 0.6) is 0 Å². The summed E-state index contributed by atoms with van der Waals surface area (Å²) in [7, 11) is 1.98. The predicted octanol–water partition coefficient (Wildman–Crippen LogP) is 1.56. The highest BCUT2D eigenvalue weighted by molar-refractivity contribution is 4.93.